The van der Waals surface area contributed by atoms with Crippen molar-refractivity contribution in [1.29, 1.82) is 0 Å². The molecule has 2 atom stereocenters. The van der Waals surface area contributed by atoms with Crippen LogP contribution >= 0.6 is 0 Å². The van der Waals surface area contributed by atoms with Crippen molar-refractivity contribution < 1.29 is 18.0 Å². The largest absolute Gasteiger partial charge is 0.401 e. The van der Waals surface area contributed by atoms with E-state index in [0.29, 0.717) is 51.0 Å². The maximum atomic E-state index is 12.5. The number of carbonyl (C=O) groups is 1. The number of aliphatic imine (C=N–C) groups is 1. The minimum absolute atomic E-state index is 0.0667. The number of nitrogens with one attached hydrogen (secondary N) is 2. The maximum absolute atomic E-state index is 12.5. The highest BCUT2D eigenvalue weighted by molar-refractivity contribution is 5.81. The fourth-order valence-corrected chi connectivity index (χ4v) is 3.74. The molecule has 0 radical (unpaired) electrons. The molecular formula is C18H32F3N5O. The SMILES string of the molecule is CCNC(=NCCC(=O)N1CCCCC1C)NC1CCN(CC(F)(F)F)C1. The lowest BCUT2D eigenvalue weighted by molar-refractivity contribution is -0.143. The van der Waals surface area contributed by atoms with E-state index in [4.69, 9.17) is 0 Å². The first-order valence-electron chi connectivity index (χ1n) is 9.92. The summed E-state index contributed by atoms with van der Waals surface area (Å²) in [6.07, 6.45) is 0.106. The van der Waals surface area contributed by atoms with Crippen LogP contribution in [0.2, 0.25) is 0 Å². The lowest BCUT2D eigenvalue weighted by Crippen LogP contribution is -2.45. The van der Waals surface area contributed by atoms with Gasteiger partial charge in [0.15, 0.2) is 5.96 Å². The Morgan fingerprint density at radius 1 is 1.22 bits per heavy atom. The van der Waals surface area contributed by atoms with E-state index in [1.807, 2.05) is 11.8 Å². The standard InChI is InChI=1S/C18H32F3N5O/c1-3-22-17(24-15-8-11-25(12-15)13-18(19,20)21)23-9-7-16(27)26-10-5-4-6-14(26)2/h14-15H,3-13H2,1-2H3,(H2,22,23,24). The number of amides is 1. The zero-order chi connectivity index (χ0) is 19.9. The summed E-state index contributed by atoms with van der Waals surface area (Å²) in [6.45, 7) is 5.75. The molecule has 2 heterocycles. The summed E-state index contributed by atoms with van der Waals surface area (Å²) >= 11 is 0. The average Bonchev–Trinajstić information content (AvgIpc) is 3.00. The Kier molecular flexibility index (Phi) is 8.19. The Morgan fingerprint density at radius 2 is 2.00 bits per heavy atom. The van der Waals surface area contributed by atoms with Gasteiger partial charge in [0, 0.05) is 44.7 Å². The molecule has 0 aromatic rings. The zero-order valence-corrected chi connectivity index (χ0v) is 16.3. The molecule has 0 aromatic carbocycles. The number of nitrogens with zero attached hydrogens (tertiary/aromatic N) is 3. The van der Waals surface area contributed by atoms with Crippen LogP contribution in [0, 0.1) is 0 Å². The van der Waals surface area contributed by atoms with Gasteiger partial charge in [-0.2, -0.15) is 13.2 Å². The first-order chi connectivity index (χ1) is 12.8. The highest BCUT2D eigenvalue weighted by Gasteiger charge is 2.34. The predicted octanol–water partition coefficient (Wildman–Crippen LogP) is 1.97. The smallest absolute Gasteiger partial charge is 0.357 e. The minimum atomic E-state index is -4.17. The van der Waals surface area contributed by atoms with Gasteiger partial charge in [0.05, 0.1) is 13.1 Å². The number of carbonyl (C=O) groups excluding carboxylic acids is 1. The van der Waals surface area contributed by atoms with E-state index in [-0.39, 0.29) is 11.9 Å². The lowest BCUT2D eigenvalue weighted by atomic mass is 10.0. The number of likely N-dealkylation sites (tertiary alicyclic amines) is 2. The number of hydrogen-bond acceptors (Lipinski definition) is 3. The molecule has 0 aliphatic carbocycles. The van der Waals surface area contributed by atoms with E-state index < -0.39 is 12.7 Å². The fourth-order valence-electron chi connectivity index (χ4n) is 3.74. The molecule has 2 aliphatic heterocycles. The molecular weight excluding hydrogens is 359 g/mol. The van der Waals surface area contributed by atoms with Gasteiger partial charge in [-0.3, -0.25) is 14.7 Å². The summed E-state index contributed by atoms with van der Waals surface area (Å²) in [5.41, 5.74) is 0. The van der Waals surface area contributed by atoms with Gasteiger partial charge in [-0.05, 0) is 39.5 Å². The van der Waals surface area contributed by atoms with Crippen LogP contribution in [-0.4, -0.2) is 79.2 Å². The molecule has 0 spiro atoms. The third kappa shape index (κ3) is 7.56. The van der Waals surface area contributed by atoms with Gasteiger partial charge >= 0.3 is 6.18 Å². The number of piperidine rings is 1. The van der Waals surface area contributed by atoms with Crippen LogP contribution in [0.1, 0.15) is 46.0 Å². The van der Waals surface area contributed by atoms with E-state index in [1.165, 1.54) is 11.3 Å². The Morgan fingerprint density at radius 3 is 2.67 bits per heavy atom. The summed E-state index contributed by atoms with van der Waals surface area (Å²) in [5, 5.41) is 6.31. The Hall–Kier alpha value is -1.51. The molecule has 6 nitrogen and oxygen atoms in total. The van der Waals surface area contributed by atoms with E-state index in [1.54, 1.807) is 0 Å². The molecule has 9 heteroatoms. The highest BCUT2D eigenvalue weighted by Crippen LogP contribution is 2.20. The summed E-state index contributed by atoms with van der Waals surface area (Å²) in [7, 11) is 0. The van der Waals surface area contributed by atoms with Crippen molar-refractivity contribution in [3.8, 4) is 0 Å². The number of rotatable bonds is 6. The fraction of sp³-hybridized carbons (Fsp3) is 0.889. The van der Waals surface area contributed by atoms with Crippen LogP contribution in [-0.2, 0) is 4.79 Å². The van der Waals surface area contributed by atoms with Gasteiger partial charge in [-0.15, -0.1) is 0 Å². The third-order valence-electron chi connectivity index (χ3n) is 5.08. The van der Waals surface area contributed by atoms with Crippen molar-refractivity contribution in [1.82, 2.24) is 20.4 Å². The second kappa shape index (κ2) is 10.1. The average molecular weight is 391 g/mol. The number of hydrogen-bond donors (Lipinski definition) is 2. The lowest BCUT2D eigenvalue weighted by Gasteiger charge is -2.33. The quantitative estimate of drug-likeness (QED) is 0.537. The summed E-state index contributed by atoms with van der Waals surface area (Å²) < 4.78 is 37.5. The van der Waals surface area contributed by atoms with Crippen molar-refractivity contribution in [2.75, 3.05) is 39.3 Å². The second-order valence-electron chi connectivity index (χ2n) is 7.42. The Balaban J connectivity index is 1.79. The van der Waals surface area contributed by atoms with Gasteiger partial charge in [0.25, 0.3) is 0 Å². The molecule has 1 amide bonds. The van der Waals surface area contributed by atoms with Gasteiger partial charge in [-0.25, -0.2) is 0 Å². The summed E-state index contributed by atoms with van der Waals surface area (Å²) in [6, 6.07) is 0.225. The predicted molar refractivity (Wildman–Crippen MR) is 99.7 cm³/mol. The summed E-state index contributed by atoms with van der Waals surface area (Å²) in [5.74, 6) is 0.690. The molecule has 2 unspecified atom stereocenters. The Labute approximate surface area is 159 Å². The van der Waals surface area contributed by atoms with Crippen molar-refractivity contribution in [2.45, 2.75) is 64.2 Å². The normalized spacial score (nSPS) is 24.9. The van der Waals surface area contributed by atoms with Crippen LogP contribution in [0.15, 0.2) is 4.99 Å². The summed E-state index contributed by atoms with van der Waals surface area (Å²) in [4.78, 5) is 20.2. The van der Waals surface area contributed by atoms with Crippen molar-refractivity contribution in [3.05, 3.63) is 0 Å². The topological polar surface area (TPSA) is 60.0 Å². The van der Waals surface area contributed by atoms with Crippen molar-refractivity contribution in [3.63, 3.8) is 0 Å². The maximum Gasteiger partial charge on any atom is 0.401 e. The first kappa shape index (κ1) is 21.8. The minimum Gasteiger partial charge on any atom is -0.357 e. The number of guanidine groups is 1. The molecule has 2 N–H and O–H groups in total. The van der Waals surface area contributed by atoms with Crippen LogP contribution < -0.4 is 10.6 Å². The molecule has 0 saturated carbocycles. The van der Waals surface area contributed by atoms with Crippen molar-refractivity contribution >= 4 is 11.9 Å². The second-order valence-corrected chi connectivity index (χ2v) is 7.42. The van der Waals surface area contributed by atoms with Crippen LogP contribution in [0.5, 0.6) is 0 Å². The van der Waals surface area contributed by atoms with E-state index in [9.17, 15) is 18.0 Å². The molecule has 0 bridgehead atoms. The Bertz CT molecular complexity index is 512. The molecule has 156 valence electrons. The monoisotopic (exact) mass is 391 g/mol. The van der Waals surface area contributed by atoms with Gasteiger partial charge in [0.2, 0.25) is 5.91 Å². The van der Waals surface area contributed by atoms with Gasteiger partial charge in [-0.1, -0.05) is 0 Å². The number of alkyl halides is 3. The third-order valence-corrected chi connectivity index (χ3v) is 5.08. The molecule has 2 fully saturated rings. The molecule has 0 aromatic heterocycles. The first-order valence-corrected chi connectivity index (χ1v) is 9.92. The highest BCUT2D eigenvalue weighted by atomic mass is 19.4. The van der Waals surface area contributed by atoms with E-state index in [0.717, 1.165) is 19.4 Å². The molecule has 2 rings (SSSR count). The molecule has 2 aliphatic rings. The molecule has 2 saturated heterocycles. The van der Waals surface area contributed by atoms with E-state index >= 15 is 0 Å². The van der Waals surface area contributed by atoms with E-state index in [2.05, 4.69) is 22.5 Å². The zero-order valence-electron chi connectivity index (χ0n) is 16.3. The van der Waals surface area contributed by atoms with Gasteiger partial charge in [0.1, 0.15) is 0 Å². The number of halogens is 3. The van der Waals surface area contributed by atoms with Crippen LogP contribution in [0.3, 0.4) is 0 Å². The van der Waals surface area contributed by atoms with Gasteiger partial charge < -0.3 is 15.5 Å². The van der Waals surface area contributed by atoms with Crippen LogP contribution in [0.4, 0.5) is 13.2 Å². The van der Waals surface area contributed by atoms with Crippen molar-refractivity contribution in [2.24, 2.45) is 4.99 Å². The van der Waals surface area contributed by atoms with Crippen LogP contribution in [0.25, 0.3) is 0 Å². The molecule has 27 heavy (non-hydrogen) atoms.